The molecule has 0 unspecified atom stereocenters. The molecule has 1 aliphatic carbocycles. The number of hydrogen-bond acceptors (Lipinski definition) is 3. The lowest BCUT2D eigenvalue weighted by molar-refractivity contribution is -0.142. The van der Waals surface area contributed by atoms with E-state index in [1.807, 2.05) is 12.1 Å². The van der Waals surface area contributed by atoms with Crippen LogP contribution in [0.4, 0.5) is 0 Å². The van der Waals surface area contributed by atoms with Gasteiger partial charge in [0.05, 0.1) is 24.7 Å². The third-order valence-corrected chi connectivity index (χ3v) is 6.80. The third kappa shape index (κ3) is 3.40. The molecule has 1 saturated carbocycles. The standard InChI is InChI=1S/C23H31NO3/c1-18-9-16-27-22(17-18)12-14-24(15-13-22)21(25)23(10-3-4-11-23)19-5-7-20(26-2)8-6-19/h5-8,17H,3-4,9-16H2,1-2H3. The smallest absolute Gasteiger partial charge is 0.233 e. The van der Waals surface area contributed by atoms with Gasteiger partial charge in [-0.05, 0) is 56.7 Å². The van der Waals surface area contributed by atoms with E-state index in [9.17, 15) is 4.79 Å². The summed E-state index contributed by atoms with van der Waals surface area (Å²) in [5.74, 6) is 1.16. The second kappa shape index (κ2) is 7.31. The van der Waals surface area contributed by atoms with Crippen molar-refractivity contribution in [3.63, 3.8) is 0 Å². The van der Waals surface area contributed by atoms with Crippen LogP contribution in [0.1, 0.15) is 57.4 Å². The van der Waals surface area contributed by atoms with Gasteiger partial charge in [0, 0.05) is 13.1 Å². The van der Waals surface area contributed by atoms with Crippen LogP contribution in [0, 0.1) is 0 Å². The highest BCUT2D eigenvalue weighted by Crippen LogP contribution is 2.44. The molecule has 146 valence electrons. The van der Waals surface area contributed by atoms with Crippen LogP contribution in [-0.4, -0.2) is 43.2 Å². The number of rotatable bonds is 3. The second-order valence-corrected chi connectivity index (χ2v) is 8.46. The maximum Gasteiger partial charge on any atom is 0.233 e. The molecule has 2 fully saturated rings. The molecule has 2 heterocycles. The van der Waals surface area contributed by atoms with Crippen molar-refractivity contribution in [3.05, 3.63) is 41.5 Å². The van der Waals surface area contributed by atoms with Crippen molar-refractivity contribution in [2.45, 2.75) is 62.9 Å². The molecular formula is C23H31NO3. The van der Waals surface area contributed by atoms with Crippen LogP contribution < -0.4 is 4.74 Å². The number of methoxy groups -OCH3 is 1. The summed E-state index contributed by atoms with van der Waals surface area (Å²) in [6, 6.07) is 8.14. The van der Waals surface area contributed by atoms with Crippen LogP contribution in [0.25, 0.3) is 0 Å². The van der Waals surface area contributed by atoms with Gasteiger partial charge in [-0.15, -0.1) is 0 Å². The Morgan fingerprint density at radius 3 is 2.33 bits per heavy atom. The Labute approximate surface area is 162 Å². The number of amides is 1. The molecular weight excluding hydrogens is 338 g/mol. The van der Waals surface area contributed by atoms with E-state index in [0.29, 0.717) is 5.91 Å². The Morgan fingerprint density at radius 1 is 1.07 bits per heavy atom. The minimum Gasteiger partial charge on any atom is -0.497 e. The van der Waals surface area contributed by atoms with Crippen LogP contribution in [-0.2, 0) is 14.9 Å². The zero-order valence-electron chi connectivity index (χ0n) is 16.6. The lowest BCUT2D eigenvalue weighted by Gasteiger charge is -2.44. The molecule has 0 bridgehead atoms. The maximum absolute atomic E-state index is 13.7. The number of piperidine rings is 1. The largest absolute Gasteiger partial charge is 0.497 e. The molecule has 1 spiro atoms. The Hall–Kier alpha value is -1.81. The van der Waals surface area contributed by atoms with E-state index in [1.165, 1.54) is 5.57 Å². The molecule has 1 saturated heterocycles. The minimum absolute atomic E-state index is 0.137. The number of carbonyl (C=O) groups excluding carboxylic acids is 1. The van der Waals surface area contributed by atoms with E-state index in [-0.39, 0.29) is 11.0 Å². The molecule has 3 aliphatic rings. The SMILES string of the molecule is COc1ccc(C2(C(=O)N3CCC4(C=C(C)CCO4)CC3)CCCC2)cc1. The van der Waals surface area contributed by atoms with Gasteiger partial charge in [0.2, 0.25) is 5.91 Å². The molecule has 4 heteroatoms. The number of carbonyl (C=O) groups is 1. The van der Waals surface area contributed by atoms with Gasteiger partial charge >= 0.3 is 0 Å². The number of nitrogens with zero attached hydrogens (tertiary/aromatic N) is 1. The summed E-state index contributed by atoms with van der Waals surface area (Å²) in [5, 5.41) is 0. The number of hydrogen-bond donors (Lipinski definition) is 0. The topological polar surface area (TPSA) is 38.8 Å². The van der Waals surface area contributed by atoms with E-state index >= 15 is 0 Å². The fraction of sp³-hybridized carbons (Fsp3) is 0.609. The normalized spacial score (nSPS) is 23.9. The molecule has 2 aliphatic heterocycles. The third-order valence-electron chi connectivity index (χ3n) is 6.80. The van der Waals surface area contributed by atoms with Crippen molar-refractivity contribution in [2.75, 3.05) is 26.8 Å². The van der Waals surface area contributed by atoms with Crippen LogP contribution >= 0.6 is 0 Å². The number of benzene rings is 1. The highest BCUT2D eigenvalue weighted by Gasteiger charge is 2.47. The van der Waals surface area contributed by atoms with E-state index in [4.69, 9.17) is 9.47 Å². The predicted octanol–water partition coefficient (Wildman–Crippen LogP) is 4.23. The van der Waals surface area contributed by atoms with Crippen LogP contribution in [0.5, 0.6) is 5.75 Å². The molecule has 4 nitrogen and oxygen atoms in total. The Balaban J connectivity index is 1.52. The van der Waals surface area contributed by atoms with E-state index in [0.717, 1.165) is 76.0 Å². The van der Waals surface area contributed by atoms with Crippen molar-refractivity contribution in [1.82, 2.24) is 4.90 Å². The number of ether oxygens (including phenoxy) is 2. The molecule has 0 N–H and O–H groups in total. The average Bonchev–Trinajstić information content (AvgIpc) is 3.19. The van der Waals surface area contributed by atoms with Gasteiger partial charge in [0.25, 0.3) is 0 Å². The zero-order chi connectivity index (χ0) is 18.9. The fourth-order valence-corrected chi connectivity index (χ4v) is 5.17. The molecule has 0 aromatic heterocycles. The minimum atomic E-state index is -0.351. The molecule has 1 aromatic rings. The zero-order valence-corrected chi connectivity index (χ0v) is 16.6. The van der Waals surface area contributed by atoms with Crippen molar-refractivity contribution in [3.8, 4) is 5.75 Å². The van der Waals surface area contributed by atoms with Crippen molar-refractivity contribution in [2.24, 2.45) is 0 Å². The van der Waals surface area contributed by atoms with Crippen LogP contribution in [0.3, 0.4) is 0 Å². The lowest BCUT2D eigenvalue weighted by atomic mass is 9.76. The number of likely N-dealkylation sites (tertiary alicyclic amines) is 1. The van der Waals surface area contributed by atoms with Crippen molar-refractivity contribution in [1.29, 1.82) is 0 Å². The second-order valence-electron chi connectivity index (χ2n) is 8.46. The highest BCUT2D eigenvalue weighted by atomic mass is 16.5. The van der Waals surface area contributed by atoms with Crippen molar-refractivity contribution >= 4 is 5.91 Å². The summed E-state index contributed by atoms with van der Waals surface area (Å²) < 4.78 is 11.4. The lowest BCUT2D eigenvalue weighted by Crippen LogP contribution is -2.53. The van der Waals surface area contributed by atoms with Gasteiger partial charge in [0.15, 0.2) is 0 Å². The summed E-state index contributed by atoms with van der Waals surface area (Å²) >= 11 is 0. The highest BCUT2D eigenvalue weighted by molar-refractivity contribution is 5.89. The average molecular weight is 370 g/mol. The molecule has 1 amide bonds. The summed E-state index contributed by atoms with van der Waals surface area (Å²) in [6.07, 6.45) is 9.33. The first kappa shape index (κ1) is 18.5. The Morgan fingerprint density at radius 2 is 1.74 bits per heavy atom. The predicted molar refractivity (Wildman–Crippen MR) is 106 cm³/mol. The summed E-state index contributed by atoms with van der Waals surface area (Å²) in [5.41, 5.74) is 2.08. The van der Waals surface area contributed by atoms with Gasteiger partial charge in [-0.1, -0.05) is 36.6 Å². The molecule has 0 atom stereocenters. The first-order valence-corrected chi connectivity index (χ1v) is 10.3. The molecule has 1 aromatic carbocycles. The van der Waals surface area contributed by atoms with E-state index < -0.39 is 0 Å². The molecule has 0 radical (unpaired) electrons. The summed E-state index contributed by atoms with van der Waals surface area (Å²) in [7, 11) is 1.68. The van der Waals surface area contributed by atoms with Gasteiger partial charge in [0.1, 0.15) is 5.75 Å². The van der Waals surface area contributed by atoms with Gasteiger partial charge < -0.3 is 14.4 Å². The van der Waals surface area contributed by atoms with Gasteiger partial charge in [-0.25, -0.2) is 0 Å². The molecule has 27 heavy (non-hydrogen) atoms. The quantitative estimate of drug-likeness (QED) is 0.748. The van der Waals surface area contributed by atoms with E-state index in [2.05, 4.69) is 30.0 Å². The summed E-state index contributed by atoms with van der Waals surface area (Å²) in [6.45, 7) is 4.59. The van der Waals surface area contributed by atoms with Crippen molar-refractivity contribution < 1.29 is 14.3 Å². The Bertz CT molecular complexity index is 708. The first-order valence-electron chi connectivity index (χ1n) is 10.3. The summed E-state index contributed by atoms with van der Waals surface area (Å²) in [4.78, 5) is 15.8. The van der Waals surface area contributed by atoms with Crippen LogP contribution in [0.2, 0.25) is 0 Å². The monoisotopic (exact) mass is 369 g/mol. The maximum atomic E-state index is 13.7. The molecule has 4 rings (SSSR count). The fourth-order valence-electron chi connectivity index (χ4n) is 5.17. The van der Waals surface area contributed by atoms with Gasteiger partial charge in [-0.3, -0.25) is 4.79 Å². The van der Waals surface area contributed by atoms with Crippen LogP contribution in [0.15, 0.2) is 35.9 Å². The first-order chi connectivity index (χ1) is 13.1. The Kier molecular flexibility index (Phi) is 5.02. The van der Waals surface area contributed by atoms with Gasteiger partial charge in [-0.2, -0.15) is 0 Å². The van der Waals surface area contributed by atoms with E-state index in [1.54, 1.807) is 7.11 Å².